The predicted molar refractivity (Wildman–Crippen MR) is 92.9 cm³/mol. The van der Waals surface area contributed by atoms with Crippen molar-refractivity contribution >= 4 is 23.5 Å². The summed E-state index contributed by atoms with van der Waals surface area (Å²) in [6, 6.07) is 15.8. The highest BCUT2D eigenvalue weighted by Gasteiger charge is 2.23. The lowest BCUT2D eigenvalue weighted by molar-refractivity contribution is -0.139. The van der Waals surface area contributed by atoms with Gasteiger partial charge >= 0.3 is 5.97 Å². The lowest BCUT2D eigenvalue weighted by atomic mass is 10.1. The molecule has 0 spiro atoms. The van der Waals surface area contributed by atoms with Crippen molar-refractivity contribution in [3.05, 3.63) is 83.1 Å². The van der Waals surface area contributed by atoms with E-state index in [0.717, 1.165) is 5.69 Å². The van der Waals surface area contributed by atoms with Gasteiger partial charge in [0.2, 0.25) is 0 Å². The number of nitrogens with one attached hydrogen (secondary N) is 1. The summed E-state index contributed by atoms with van der Waals surface area (Å²) in [7, 11) is 0. The molecule has 1 heterocycles. The molecule has 3 rings (SSSR count). The highest BCUT2D eigenvalue weighted by Crippen LogP contribution is 2.15. The number of carbonyl (C=O) groups is 2. The van der Waals surface area contributed by atoms with Gasteiger partial charge in [0, 0.05) is 11.2 Å². The number of nitrogens with zero attached hydrogens (tertiary/aromatic N) is 2. The minimum absolute atomic E-state index is 0.122. The predicted octanol–water partition coefficient (Wildman–Crippen LogP) is 3.08. The Bertz CT molecular complexity index is 891. The van der Waals surface area contributed by atoms with Gasteiger partial charge in [-0.15, -0.1) is 0 Å². The zero-order valence-corrected chi connectivity index (χ0v) is 13.7. The third-order valence-corrected chi connectivity index (χ3v) is 3.82. The fraction of sp³-hybridized carbons (Fsp3) is 0.0556. The molecular formula is C18H14ClN3O3. The molecule has 3 aromatic rings. The fourth-order valence-corrected chi connectivity index (χ4v) is 2.45. The van der Waals surface area contributed by atoms with Crippen LogP contribution in [0.2, 0.25) is 5.02 Å². The van der Waals surface area contributed by atoms with Crippen LogP contribution in [0.4, 0.5) is 0 Å². The third kappa shape index (κ3) is 3.87. The van der Waals surface area contributed by atoms with E-state index < -0.39 is 17.9 Å². The van der Waals surface area contributed by atoms with Crippen molar-refractivity contribution in [2.24, 2.45) is 0 Å². The largest absolute Gasteiger partial charge is 0.479 e. The maximum Gasteiger partial charge on any atom is 0.330 e. The van der Waals surface area contributed by atoms with Crippen molar-refractivity contribution in [3.63, 3.8) is 0 Å². The topological polar surface area (TPSA) is 84.2 Å². The van der Waals surface area contributed by atoms with Gasteiger partial charge in [0.15, 0.2) is 11.7 Å². The monoisotopic (exact) mass is 355 g/mol. The van der Waals surface area contributed by atoms with Gasteiger partial charge in [-0.3, -0.25) is 4.79 Å². The van der Waals surface area contributed by atoms with Crippen LogP contribution >= 0.6 is 11.6 Å². The minimum atomic E-state index is -1.14. The molecule has 0 fully saturated rings. The van der Waals surface area contributed by atoms with Crippen LogP contribution in [0.1, 0.15) is 22.1 Å². The van der Waals surface area contributed by atoms with E-state index in [0.29, 0.717) is 10.6 Å². The number of benzene rings is 2. The standard InChI is InChI=1S/C18H14ClN3O3/c19-13-6-8-14(9-7-13)22-11-10-15(21-22)17(23)20-16(18(24)25)12-4-2-1-3-5-12/h1-11,16H,(H,20,23)(H,24,25). The Morgan fingerprint density at radius 3 is 2.36 bits per heavy atom. The van der Waals surface area contributed by atoms with E-state index in [4.69, 9.17) is 11.6 Å². The van der Waals surface area contributed by atoms with Crippen LogP contribution in [0, 0.1) is 0 Å². The number of aromatic nitrogens is 2. The van der Waals surface area contributed by atoms with E-state index in [1.807, 2.05) is 0 Å². The quantitative estimate of drug-likeness (QED) is 0.736. The molecule has 1 atom stereocenters. The lowest BCUT2D eigenvalue weighted by Gasteiger charge is -2.13. The first kappa shape index (κ1) is 16.7. The second-order valence-corrected chi connectivity index (χ2v) is 5.71. The Morgan fingerprint density at radius 1 is 1.04 bits per heavy atom. The van der Waals surface area contributed by atoms with E-state index in [1.165, 1.54) is 10.7 Å². The summed E-state index contributed by atoms with van der Waals surface area (Å²) in [6.07, 6.45) is 1.62. The molecule has 2 N–H and O–H groups in total. The Balaban J connectivity index is 1.79. The molecule has 1 amide bonds. The normalized spacial score (nSPS) is 11.7. The van der Waals surface area contributed by atoms with Gasteiger partial charge in [-0.05, 0) is 35.9 Å². The third-order valence-electron chi connectivity index (χ3n) is 3.57. The lowest BCUT2D eigenvalue weighted by Crippen LogP contribution is -2.34. The average Bonchev–Trinajstić information content (AvgIpc) is 3.11. The highest BCUT2D eigenvalue weighted by atomic mass is 35.5. The average molecular weight is 356 g/mol. The molecule has 0 aliphatic heterocycles. The maximum atomic E-state index is 12.4. The van der Waals surface area contributed by atoms with E-state index >= 15 is 0 Å². The Hall–Kier alpha value is -3.12. The van der Waals surface area contributed by atoms with Crippen LogP contribution in [-0.2, 0) is 4.79 Å². The number of carbonyl (C=O) groups excluding carboxylic acids is 1. The van der Waals surface area contributed by atoms with Crippen molar-refractivity contribution < 1.29 is 14.7 Å². The van der Waals surface area contributed by atoms with Gasteiger partial charge < -0.3 is 10.4 Å². The molecule has 0 bridgehead atoms. The van der Waals surface area contributed by atoms with E-state index in [2.05, 4.69) is 10.4 Å². The van der Waals surface area contributed by atoms with Gasteiger partial charge in [-0.25, -0.2) is 9.48 Å². The molecule has 0 radical (unpaired) electrons. The smallest absolute Gasteiger partial charge is 0.330 e. The van der Waals surface area contributed by atoms with Crippen molar-refractivity contribution in [1.29, 1.82) is 0 Å². The van der Waals surface area contributed by atoms with E-state index in [-0.39, 0.29) is 5.69 Å². The van der Waals surface area contributed by atoms with Gasteiger partial charge in [-0.2, -0.15) is 5.10 Å². The molecule has 0 saturated carbocycles. The Labute approximate surface area is 148 Å². The summed E-state index contributed by atoms with van der Waals surface area (Å²) in [5.41, 5.74) is 1.35. The van der Waals surface area contributed by atoms with Crippen LogP contribution in [0.15, 0.2) is 66.9 Å². The number of aliphatic carboxylic acids is 1. The summed E-state index contributed by atoms with van der Waals surface area (Å²) in [4.78, 5) is 23.8. The number of carboxylic acid groups (broad SMARTS) is 1. The number of hydrogen-bond acceptors (Lipinski definition) is 3. The van der Waals surface area contributed by atoms with E-state index in [1.54, 1.807) is 60.8 Å². The molecule has 25 heavy (non-hydrogen) atoms. The van der Waals surface area contributed by atoms with Gasteiger partial charge in [0.05, 0.1) is 5.69 Å². The molecule has 0 aliphatic rings. The SMILES string of the molecule is O=C(NC(C(=O)O)c1ccccc1)c1ccn(-c2ccc(Cl)cc2)n1. The molecule has 126 valence electrons. The van der Waals surface area contributed by atoms with Gasteiger partial charge in [0.25, 0.3) is 5.91 Å². The van der Waals surface area contributed by atoms with Crippen LogP contribution in [0.25, 0.3) is 5.69 Å². The summed E-state index contributed by atoms with van der Waals surface area (Å²) >= 11 is 5.85. The summed E-state index contributed by atoms with van der Waals surface area (Å²) in [5, 5.41) is 16.6. The summed E-state index contributed by atoms with van der Waals surface area (Å²) < 4.78 is 1.52. The molecule has 7 heteroatoms. The molecule has 1 unspecified atom stereocenters. The molecule has 0 saturated heterocycles. The summed E-state index contributed by atoms with van der Waals surface area (Å²) in [5.74, 6) is -1.71. The van der Waals surface area contributed by atoms with Crippen LogP contribution in [0.3, 0.4) is 0 Å². The van der Waals surface area contributed by atoms with Crippen molar-refractivity contribution in [2.75, 3.05) is 0 Å². The Kier molecular flexibility index (Phi) is 4.81. The number of amides is 1. The molecule has 6 nitrogen and oxygen atoms in total. The van der Waals surface area contributed by atoms with Crippen molar-refractivity contribution in [3.8, 4) is 5.69 Å². The molecule has 2 aromatic carbocycles. The number of carboxylic acids is 1. The van der Waals surface area contributed by atoms with Crippen molar-refractivity contribution in [2.45, 2.75) is 6.04 Å². The zero-order chi connectivity index (χ0) is 17.8. The van der Waals surface area contributed by atoms with Crippen LogP contribution in [0.5, 0.6) is 0 Å². The van der Waals surface area contributed by atoms with Crippen LogP contribution < -0.4 is 5.32 Å². The van der Waals surface area contributed by atoms with Gasteiger partial charge in [-0.1, -0.05) is 41.9 Å². The van der Waals surface area contributed by atoms with Crippen molar-refractivity contribution in [1.82, 2.24) is 15.1 Å². The number of rotatable bonds is 5. The first-order valence-electron chi connectivity index (χ1n) is 7.45. The highest BCUT2D eigenvalue weighted by molar-refractivity contribution is 6.30. The second kappa shape index (κ2) is 7.19. The Morgan fingerprint density at radius 2 is 1.72 bits per heavy atom. The maximum absolute atomic E-state index is 12.4. The molecule has 1 aromatic heterocycles. The molecule has 0 aliphatic carbocycles. The minimum Gasteiger partial charge on any atom is -0.479 e. The first-order chi connectivity index (χ1) is 12.0. The van der Waals surface area contributed by atoms with E-state index in [9.17, 15) is 14.7 Å². The molecular weight excluding hydrogens is 342 g/mol. The fourth-order valence-electron chi connectivity index (χ4n) is 2.32. The van der Waals surface area contributed by atoms with Gasteiger partial charge in [0.1, 0.15) is 0 Å². The van der Waals surface area contributed by atoms with Crippen LogP contribution in [-0.4, -0.2) is 26.8 Å². The second-order valence-electron chi connectivity index (χ2n) is 5.28. The number of hydrogen-bond donors (Lipinski definition) is 2. The number of halogens is 1. The zero-order valence-electron chi connectivity index (χ0n) is 13.0. The first-order valence-corrected chi connectivity index (χ1v) is 7.82. The summed E-state index contributed by atoms with van der Waals surface area (Å²) in [6.45, 7) is 0.